The normalized spacial score (nSPS) is 14.7. The highest BCUT2D eigenvalue weighted by atomic mass is 32.7. The predicted molar refractivity (Wildman–Crippen MR) is 55.1 cm³/mol. The van der Waals surface area contributed by atoms with Crippen molar-refractivity contribution < 1.29 is 14.4 Å². The molecule has 0 heterocycles. The zero-order chi connectivity index (χ0) is 10.8. The van der Waals surface area contributed by atoms with Crippen LogP contribution in [0.2, 0.25) is 0 Å². The van der Waals surface area contributed by atoms with Crippen molar-refractivity contribution in [2.75, 3.05) is 26.4 Å². The molecule has 0 spiro atoms. The molecule has 82 valence electrons. The van der Waals surface area contributed by atoms with E-state index >= 15 is 0 Å². The van der Waals surface area contributed by atoms with Crippen molar-refractivity contribution in [3.8, 4) is 0 Å². The fourth-order valence-corrected chi connectivity index (χ4v) is 1.12. The van der Waals surface area contributed by atoms with Crippen molar-refractivity contribution in [1.29, 1.82) is 0 Å². The van der Waals surface area contributed by atoms with E-state index in [1.807, 2.05) is 0 Å². The summed E-state index contributed by atoms with van der Waals surface area (Å²) >= 11 is 3.69. The van der Waals surface area contributed by atoms with Gasteiger partial charge >= 0.3 is 0 Å². The first-order valence-electron chi connectivity index (χ1n) is 3.70. The first-order valence-corrected chi connectivity index (χ1v) is 6.07. The molecule has 0 aliphatic heterocycles. The van der Waals surface area contributed by atoms with Crippen LogP contribution in [0.5, 0.6) is 0 Å². The Labute approximate surface area is 87.2 Å². The Hall–Kier alpha value is -0.140. The Morgan fingerprint density at radius 1 is 1.43 bits per heavy atom. The summed E-state index contributed by atoms with van der Waals surface area (Å²) in [6.07, 6.45) is 0. The second-order valence-electron chi connectivity index (χ2n) is 2.19. The van der Waals surface area contributed by atoms with Gasteiger partial charge in [0.1, 0.15) is 6.04 Å². The highest BCUT2D eigenvalue weighted by molar-refractivity contribution is 8.43. The SMILES string of the molecule is O=NC(COCCO)COP(S)N=O. The molecule has 0 rings (SSSR count). The summed E-state index contributed by atoms with van der Waals surface area (Å²) in [6.45, 7) is -0.00900. The molecule has 14 heavy (non-hydrogen) atoms. The topological polar surface area (TPSA) is 97.6 Å². The molecule has 0 amide bonds. The van der Waals surface area contributed by atoms with Crippen molar-refractivity contribution in [1.82, 2.24) is 0 Å². The quantitative estimate of drug-likeness (QED) is 0.273. The molecule has 0 aromatic carbocycles. The van der Waals surface area contributed by atoms with Gasteiger partial charge in [0.25, 0.3) is 7.50 Å². The lowest BCUT2D eigenvalue weighted by Gasteiger charge is -2.09. The minimum atomic E-state index is -1.68. The standard InChI is InChI=1S/C5H11N2O5PS/c8-1-2-11-3-5(6-9)4-12-13(14)7-10/h5,8,14H,1-4H2. The average molecular weight is 242 g/mol. The summed E-state index contributed by atoms with van der Waals surface area (Å²) < 4.78 is 9.64. The molecule has 7 nitrogen and oxygen atoms in total. The monoisotopic (exact) mass is 242 g/mol. The fourth-order valence-electron chi connectivity index (χ4n) is 0.569. The molecule has 0 aliphatic rings. The Balaban J connectivity index is 3.57. The molecule has 0 aliphatic carbocycles. The molecule has 0 radical (unpaired) electrons. The van der Waals surface area contributed by atoms with E-state index < -0.39 is 13.5 Å². The molecular formula is C5H11N2O5PS. The molecule has 0 saturated heterocycles. The molecule has 0 saturated carbocycles. The first-order chi connectivity index (χ1) is 6.74. The molecule has 0 bridgehead atoms. The van der Waals surface area contributed by atoms with Crippen LogP contribution < -0.4 is 0 Å². The molecule has 2 atom stereocenters. The van der Waals surface area contributed by atoms with E-state index in [4.69, 9.17) is 14.4 Å². The third kappa shape index (κ3) is 7.28. The number of thiol groups is 1. The van der Waals surface area contributed by atoms with Crippen molar-refractivity contribution in [2.45, 2.75) is 6.04 Å². The number of ether oxygens (including phenoxy) is 1. The molecule has 0 aromatic heterocycles. The van der Waals surface area contributed by atoms with Crippen LogP contribution in [-0.4, -0.2) is 37.6 Å². The number of aliphatic hydroxyl groups is 1. The number of hydrogen-bond acceptors (Lipinski definition) is 8. The maximum absolute atomic E-state index is 10.2. The van der Waals surface area contributed by atoms with E-state index in [-0.39, 0.29) is 26.4 Å². The van der Waals surface area contributed by atoms with Gasteiger partial charge in [-0.2, -0.15) is 4.91 Å². The van der Waals surface area contributed by atoms with Gasteiger partial charge in [0.2, 0.25) is 0 Å². The summed E-state index contributed by atoms with van der Waals surface area (Å²) in [7, 11) is -1.68. The highest BCUT2D eigenvalue weighted by Gasteiger charge is 2.12. The van der Waals surface area contributed by atoms with Crippen molar-refractivity contribution in [3.05, 3.63) is 9.81 Å². The number of hydrogen-bond donors (Lipinski definition) is 2. The summed E-state index contributed by atoms with van der Waals surface area (Å²) in [5, 5.41) is 11.1. The average Bonchev–Trinajstić information content (AvgIpc) is 2.22. The number of nitroso groups, excluding NO2 is 2. The fraction of sp³-hybridized carbons (Fsp3) is 1.00. The van der Waals surface area contributed by atoms with Crippen LogP contribution in [0, 0.1) is 9.81 Å². The van der Waals surface area contributed by atoms with Gasteiger partial charge in [-0.15, -0.1) is 4.91 Å². The molecule has 9 heteroatoms. The maximum Gasteiger partial charge on any atom is 0.261 e. The van der Waals surface area contributed by atoms with Gasteiger partial charge in [0.15, 0.2) is 0 Å². The Morgan fingerprint density at radius 3 is 2.64 bits per heavy atom. The van der Waals surface area contributed by atoms with Crippen LogP contribution in [0.4, 0.5) is 0 Å². The largest absolute Gasteiger partial charge is 0.394 e. The van der Waals surface area contributed by atoms with Gasteiger partial charge < -0.3 is 14.4 Å². The Morgan fingerprint density at radius 2 is 2.14 bits per heavy atom. The number of aliphatic hydroxyl groups excluding tert-OH is 1. The molecule has 1 N–H and O–H groups in total. The highest BCUT2D eigenvalue weighted by Crippen LogP contribution is 2.42. The molecule has 0 fully saturated rings. The van der Waals surface area contributed by atoms with Gasteiger partial charge in [-0.1, -0.05) is 17.4 Å². The Bertz CT molecular complexity index is 174. The van der Waals surface area contributed by atoms with E-state index in [9.17, 15) is 9.81 Å². The van der Waals surface area contributed by atoms with E-state index in [1.54, 1.807) is 0 Å². The molecule has 2 unspecified atom stereocenters. The lowest BCUT2D eigenvalue weighted by atomic mass is 10.4. The minimum Gasteiger partial charge on any atom is -0.394 e. The molecule has 0 aromatic rings. The van der Waals surface area contributed by atoms with E-state index in [1.165, 1.54) is 0 Å². The summed E-state index contributed by atoms with van der Waals surface area (Å²) in [4.78, 5) is 22.6. The van der Waals surface area contributed by atoms with Crippen molar-refractivity contribution >= 4 is 19.7 Å². The predicted octanol–water partition coefficient (Wildman–Crippen LogP) is 1.07. The zero-order valence-corrected chi connectivity index (χ0v) is 9.06. The van der Waals surface area contributed by atoms with Crippen LogP contribution in [0.3, 0.4) is 0 Å². The second-order valence-corrected chi connectivity index (χ2v) is 4.14. The van der Waals surface area contributed by atoms with Crippen molar-refractivity contribution in [3.63, 3.8) is 0 Å². The van der Waals surface area contributed by atoms with E-state index in [0.717, 1.165) is 0 Å². The summed E-state index contributed by atoms with van der Waals surface area (Å²) in [5.74, 6) is 0. The third-order valence-corrected chi connectivity index (χ3v) is 2.23. The van der Waals surface area contributed by atoms with Gasteiger partial charge in [-0.05, 0) is 4.95 Å². The van der Waals surface area contributed by atoms with Crippen LogP contribution in [-0.2, 0) is 9.26 Å². The van der Waals surface area contributed by atoms with Crippen LogP contribution in [0.25, 0.3) is 0 Å². The van der Waals surface area contributed by atoms with Gasteiger partial charge in [-0.25, -0.2) is 0 Å². The lowest BCUT2D eigenvalue weighted by molar-refractivity contribution is 0.0753. The Kier molecular flexibility index (Phi) is 9.32. The second kappa shape index (κ2) is 9.42. The van der Waals surface area contributed by atoms with Gasteiger partial charge in [0.05, 0.1) is 26.4 Å². The minimum absolute atomic E-state index is 0.0415. The summed E-state index contributed by atoms with van der Waals surface area (Å²) in [5.41, 5.74) is 0. The smallest absolute Gasteiger partial charge is 0.261 e. The lowest BCUT2D eigenvalue weighted by Crippen LogP contribution is -2.19. The van der Waals surface area contributed by atoms with Crippen LogP contribution >= 0.6 is 19.7 Å². The summed E-state index contributed by atoms with van der Waals surface area (Å²) in [6, 6.07) is -0.708. The number of nitrogens with zero attached hydrogens (tertiary/aromatic N) is 2. The van der Waals surface area contributed by atoms with Gasteiger partial charge in [-0.3, -0.25) is 0 Å². The van der Waals surface area contributed by atoms with E-state index in [0.29, 0.717) is 0 Å². The first kappa shape index (κ1) is 13.9. The molecular weight excluding hydrogens is 231 g/mol. The van der Waals surface area contributed by atoms with Crippen LogP contribution in [0.15, 0.2) is 10.1 Å². The van der Waals surface area contributed by atoms with Gasteiger partial charge in [0, 0.05) is 0 Å². The zero-order valence-electron chi connectivity index (χ0n) is 7.27. The van der Waals surface area contributed by atoms with Crippen molar-refractivity contribution in [2.24, 2.45) is 10.1 Å². The maximum atomic E-state index is 10.2. The van der Waals surface area contributed by atoms with E-state index in [2.05, 4.69) is 22.4 Å². The third-order valence-electron chi connectivity index (χ3n) is 1.15. The van der Waals surface area contributed by atoms with Crippen LogP contribution in [0.1, 0.15) is 0 Å². The number of rotatable bonds is 9.